The first-order valence-corrected chi connectivity index (χ1v) is 31.9. The summed E-state index contributed by atoms with van der Waals surface area (Å²) < 4.78 is 59.8. The summed E-state index contributed by atoms with van der Waals surface area (Å²) in [5.74, 6) is -0.760. The zero-order chi connectivity index (χ0) is 65.5. The highest BCUT2D eigenvalue weighted by molar-refractivity contribution is 5.32. The van der Waals surface area contributed by atoms with Crippen LogP contribution in [-0.4, -0.2) is 296 Å². The normalized spacial score (nSPS) is 51.8. The molecule has 9 aliphatic rings. The molecule has 0 aromatic rings. The highest BCUT2D eigenvalue weighted by Crippen LogP contribution is 2.75. The summed E-state index contributed by atoms with van der Waals surface area (Å²) in [6, 6.07) is 0. The lowest BCUT2D eigenvalue weighted by molar-refractivity contribution is -0.380. The molecule has 5 aliphatic heterocycles. The van der Waals surface area contributed by atoms with Crippen molar-refractivity contribution in [1.82, 2.24) is 0 Å². The first kappa shape index (κ1) is 71.9. The molecule has 5 heterocycles. The third-order valence-corrected chi connectivity index (χ3v) is 23.3. The molecule has 28 nitrogen and oxygen atoms in total. The summed E-state index contributed by atoms with van der Waals surface area (Å²) in [5.41, 5.74) is -2.40. The van der Waals surface area contributed by atoms with Gasteiger partial charge in [-0.25, -0.2) is 0 Å². The standard InChI is InChI=1S/C61H104O28/c1-24(10-14-37(58(5,6)79)88-56-51(89-55-50(78)45(73)41(69)31(21-64)84-55)47(75)43(71)33(86-56)23-80-52-39(67)25(2)38(66)29(19-62)82-52)26-16-17-59(7)34-13-11-27-28(61(34,9)35(65)18-60(26,59)8)12-15-36(57(27,3)4)87-54-49(77)46(74)42(70)32(85-54)22-81-53-48(76)44(72)40(68)30(20-63)83-53/h11,24-26,28-56,62-79H,10,12-23H2,1-9H3/t24-,25+,26?,28?,29-,30-,31+,32-,33-,34?,35-,36+,37-,38+,39-,40-,41+,42-,43-,44+,45-,46+,47+,48-,49-,50+,51-,52-,53-,54+,55?,56+,59+,60-,61+/m1/s1. The van der Waals surface area contributed by atoms with Gasteiger partial charge in [0.05, 0.1) is 63.1 Å². The maximum absolute atomic E-state index is 12.8. The first-order valence-electron chi connectivity index (χ1n) is 31.9. The van der Waals surface area contributed by atoms with Crippen molar-refractivity contribution < 1.29 is 139 Å². The molecule has 8 fully saturated rings. The van der Waals surface area contributed by atoms with Crippen molar-refractivity contribution in [2.75, 3.05) is 33.0 Å². The first-order chi connectivity index (χ1) is 41.6. The topological polar surface area (TPSA) is 456 Å². The minimum atomic E-state index is -1.93. The second kappa shape index (κ2) is 27.6. The van der Waals surface area contributed by atoms with E-state index in [1.807, 2.05) is 13.8 Å². The lowest BCUT2D eigenvalue weighted by atomic mass is 9.38. The monoisotopic (exact) mass is 1280 g/mol. The van der Waals surface area contributed by atoms with Crippen molar-refractivity contribution in [3.8, 4) is 0 Å². The van der Waals surface area contributed by atoms with Crippen molar-refractivity contribution in [1.29, 1.82) is 0 Å². The lowest BCUT2D eigenvalue weighted by Gasteiger charge is -2.67. The van der Waals surface area contributed by atoms with Crippen LogP contribution in [0, 0.1) is 51.2 Å². The van der Waals surface area contributed by atoms with Crippen LogP contribution in [-0.2, 0) is 47.4 Å². The molecule has 0 radical (unpaired) electrons. The van der Waals surface area contributed by atoms with Crippen LogP contribution < -0.4 is 0 Å². The van der Waals surface area contributed by atoms with E-state index in [0.29, 0.717) is 32.1 Å². The average Bonchev–Trinajstić information content (AvgIpc) is 1.66. The highest BCUT2D eigenvalue weighted by atomic mass is 16.8. The Bertz CT molecular complexity index is 2340. The van der Waals surface area contributed by atoms with E-state index in [0.717, 1.165) is 18.4 Å². The number of allylic oxidation sites excluding steroid dienone is 1. The lowest BCUT2D eigenvalue weighted by Crippen LogP contribution is -2.65. The van der Waals surface area contributed by atoms with E-state index >= 15 is 0 Å². The Kier molecular flexibility index (Phi) is 22.3. The molecule has 0 bridgehead atoms. The SMILES string of the molecule is C[C@@H]1[C@@H](O)[C@H](OC[C@H]2O[C@@H](O[C@H](CC[C@@H](C)C3CC[C@@]4(C)C5CC=C6C(CC[C@H](O[C@@H]7O[C@H](CO[C@@H]8O[C@H](CO)[C@@H](O)[C@H](O)[C@H]8O)[C@@H](O)[C@H](O)[C@H]7O)C6(C)C)[C@]5(C)[C@H](O)C[C@]34C)C(C)(C)O)[C@H](OC3O[C@@H](CO)[C@H](O)[C@@H](O)[C@@H]3O)[C@@H](O)[C@@H]2O)O[C@H](CO)[C@H]1O. The summed E-state index contributed by atoms with van der Waals surface area (Å²) in [4.78, 5) is 0. The highest BCUT2D eigenvalue weighted by Gasteiger charge is 2.70. The van der Waals surface area contributed by atoms with Gasteiger partial charge in [0, 0.05) is 16.7 Å². The van der Waals surface area contributed by atoms with Gasteiger partial charge in [0.1, 0.15) is 110 Å². The molecular weight excluding hydrogens is 1180 g/mol. The minimum Gasteiger partial charge on any atom is -0.394 e. The predicted molar refractivity (Wildman–Crippen MR) is 303 cm³/mol. The maximum Gasteiger partial charge on any atom is 0.187 e. The minimum absolute atomic E-state index is 0.0171. The maximum atomic E-state index is 12.8. The van der Waals surface area contributed by atoms with Crippen molar-refractivity contribution in [3.63, 3.8) is 0 Å². The van der Waals surface area contributed by atoms with Gasteiger partial charge in [-0.1, -0.05) is 60.1 Å². The van der Waals surface area contributed by atoms with Crippen molar-refractivity contribution >= 4 is 0 Å². The van der Waals surface area contributed by atoms with E-state index < -0.39 is 221 Å². The third kappa shape index (κ3) is 13.1. The molecule has 0 aromatic carbocycles. The number of ether oxygens (including phenoxy) is 10. The van der Waals surface area contributed by atoms with Crippen LogP contribution in [0.5, 0.6) is 0 Å². The fraction of sp³-hybridized carbons (Fsp3) is 0.967. The predicted octanol–water partition coefficient (Wildman–Crippen LogP) is -4.13. The van der Waals surface area contributed by atoms with Gasteiger partial charge in [-0.15, -0.1) is 0 Å². The summed E-state index contributed by atoms with van der Waals surface area (Å²) in [7, 11) is 0. The molecular formula is C61H104O28. The Morgan fingerprint density at radius 1 is 0.539 bits per heavy atom. The molecule has 35 atom stereocenters. The van der Waals surface area contributed by atoms with Gasteiger partial charge in [0.2, 0.25) is 0 Å². The fourth-order valence-corrected chi connectivity index (χ4v) is 17.2. The Morgan fingerprint density at radius 3 is 1.56 bits per heavy atom. The Hall–Kier alpha value is -1.38. The van der Waals surface area contributed by atoms with Gasteiger partial charge in [0.25, 0.3) is 0 Å². The van der Waals surface area contributed by atoms with Crippen LogP contribution in [0.2, 0.25) is 0 Å². The molecule has 28 heteroatoms. The Labute approximate surface area is 518 Å². The zero-order valence-electron chi connectivity index (χ0n) is 52.4. The molecule has 9 rings (SSSR count). The van der Waals surface area contributed by atoms with Crippen molar-refractivity contribution in [2.24, 2.45) is 51.2 Å². The van der Waals surface area contributed by atoms with Gasteiger partial charge < -0.3 is 139 Å². The number of aliphatic hydroxyl groups is 18. The Balaban J connectivity index is 0.883. The van der Waals surface area contributed by atoms with E-state index in [-0.39, 0.29) is 40.9 Å². The summed E-state index contributed by atoms with van der Waals surface area (Å²) in [6.45, 7) is 14.5. The smallest absolute Gasteiger partial charge is 0.187 e. The van der Waals surface area contributed by atoms with E-state index in [2.05, 4.69) is 33.8 Å². The number of hydrogen-bond donors (Lipinski definition) is 18. The zero-order valence-corrected chi connectivity index (χ0v) is 52.4. The van der Waals surface area contributed by atoms with E-state index in [1.54, 1.807) is 0 Å². The molecule has 4 unspecified atom stereocenters. The second-order valence-corrected chi connectivity index (χ2v) is 29.1. The fourth-order valence-electron chi connectivity index (χ4n) is 17.2. The molecule has 0 amide bonds. The van der Waals surface area contributed by atoms with Crippen molar-refractivity contribution in [2.45, 2.75) is 285 Å². The molecule has 89 heavy (non-hydrogen) atoms. The van der Waals surface area contributed by atoms with Gasteiger partial charge in [-0.3, -0.25) is 0 Å². The number of rotatable bonds is 20. The largest absolute Gasteiger partial charge is 0.394 e. The molecule has 0 aromatic heterocycles. The third-order valence-electron chi connectivity index (χ3n) is 23.3. The average molecular weight is 1290 g/mol. The van der Waals surface area contributed by atoms with Crippen LogP contribution in [0.15, 0.2) is 11.6 Å². The molecule has 3 saturated carbocycles. The van der Waals surface area contributed by atoms with Crippen molar-refractivity contribution in [3.05, 3.63) is 11.6 Å². The van der Waals surface area contributed by atoms with E-state index in [1.165, 1.54) is 20.8 Å². The van der Waals surface area contributed by atoms with Crippen LogP contribution in [0.3, 0.4) is 0 Å². The van der Waals surface area contributed by atoms with Gasteiger partial charge >= 0.3 is 0 Å². The van der Waals surface area contributed by atoms with E-state index in [9.17, 15) is 91.9 Å². The van der Waals surface area contributed by atoms with Crippen LogP contribution in [0.4, 0.5) is 0 Å². The second-order valence-electron chi connectivity index (χ2n) is 29.1. The summed E-state index contributed by atoms with van der Waals surface area (Å²) in [6.07, 6.45) is -33.6. The van der Waals surface area contributed by atoms with Gasteiger partial charge in [-0.2, -0.15) is 0 Å². The van der Waals surface area contributed by atoms with Gasteiger partial charge in [0.15, 0.2) is 31.5 Å². The van der Waals surface area contributed by atoms with E-state index in [4.69, 9.17) is 47.4 Å². The number of fused-ring (bicyclic) bond motifs is 5. The Morgan fingerprint density at radius 2 is 1.01 bits per heavy atom. The quantitative estimate of drug-likeness (QED) is 0.0515. The summed E-state index contributed by atoms with van der Waals surface area (Å²) >= 11 is 0. The van der Waals surface area contributed by atoms with Gasteiger partial charge in [-0.05, 0) is 99.7 Å². The molecule has 5 saturated heterocycles. The van der Waals surface area contributed by atoms with Crippen LogP contribution >= 0.6 is 0 Å². The molecule has 18 N–H and O–H groups in total. The number of aliphatic hydroxyl groups excluding tert-OH is 17. The summed E-state index contributed by atoms with van der Waals surface area (Å²) in [5, 5.41) is 195. The molecule has 0 spiro atoms. The number of hydrogen-bond acceptors (Lipinski definition) is 28. The van der Waals surface area contributed by atoms with Crippen LogP contribution in [0.1, 0.15) is 114 Å². The molecule has 4 aliphatic carbocycles. The molecule has 516 valence electrons. The van der Waals surface area contributed by atoms with Crippen LogP contribution in [0.25, 0.3) is 0 Å².